The lowest BCUT2D eigenvalue weighted by atomic mass is 10.2. The number of hydrogen-bond donors (Lipinski definition) is 0. The highest BCUT2D eigenvalue weighted by Gasteiger charge is 2.21. The summed E-state index contributed by atoms with van der Waals surface area (Å²) in [6, 6.07) is 11.9. The zero-order valence-electron chi connectivity index (χ0n) is 14.0. The van der Waals surface area contributed by atoms with Gasteiger partial charge in [0.15, 0.2) is 0 Å². The molecular weight excluding hydrogens is 391 g/mol. The second kappa shape index (κ2) is 8.66. The Morgan fingerprint density at radius 3 is 2.73 bits per heavy atom. The van der Waals surface area contributed by atoms with Crippen LogP contribution in [0.3, 0.4) is 0 Å². The van der Waals surface area contributed by atoms with Crippen LogP contribution >= 0.6 is 34.7 Å². The maximum absolute atomic E-state index is 14.4. The van der Waals surface area contributed by atoms with Crippen LogP contribution in [0, 0.1) is 5.82 Å². The van der Waals surface area contributed by atoms with E-state index in [9.17, 15) is 9.18 Å². The third kappa shape index (κ3) is 4.63. The molecule has 3 rings (SSSR count). The van der Waals surface area contributed by atoms with E-state index in [-0.39, 0.29) is 11.5 Å². The van der Waals surface area contributed by atoms with Crippen LogP contribution < -0.4 is 0 Å². The third-order valence-electron chi connectivity index (χ3n) is 3.72. The number of amides is 1. The molecule has 0 saturated carbocycles. The number of benzene rings is 2. The molecule has 3 aromatic rings. The van der Waals surface area contributed by atoms with Gasteiger partial charge in [0.25, 0.3) is 5.91 Å². The van der Waals surface area contributed by atoms with Crippen molar-refractivity contribution < 1.29 is 9.18 Å². The van der Waals surface area contributed by atoms with Gasteiger partial charge in [0.1, 0.15) is 5.82 Å². The molecule has 1 heterocycles. The molecule has 0 aliphatic carbocycles. The second-order valence-electron chi connectivity index (χ2n) is 5.57. The van der Waals surface area contributed by atoms with Crippen LogP contribution in [0.2, 0.25) is 5.02 Å². The molecule has 7 heteroatoms. The summed E-state index contributed by atoms with van der Waals surface area (Å²) in [4.78, 5) is 20.0. The zero-order valence-corrected chi connectivity index (χ0v) is 16.4. The second-order valence-corrected chi connectivity index (χ2v) is 8.10. The van der Waals surface area contributed by atoms with Crippen LogP contribution in [0.25, 0.3) is 0 Å². The summed E-state index contributed by atoms with van der Waals surface area (Å²) in [5.74, 6) is -0.855. The largest absolute Gasteiger partial charge is 0.341 e. The third-order valence-corrected chi connectivity index (χ3v) is 5.88. The van der Waals surface area contributed by atoms with Crippen molar-refractivity contribution in [1.82, 2.24) is 9.88 Å². The Hall–Kier alpha value is -1.89. The molecule has 0 bridgehead atoms. The summed E-state index contributed by atoms with van der Waals surface area (Å²) in [5, 5.41) is 3.48. The van der Waals surface area contributed by atoms with Gasteiger partial charge in [-0.05, 0) is 36.4 Å². The van der Waals surface area contributed by atoms with Crippen LogP contribution in [0.5, 0.6) is 0 Å². The molecule has 0 aliphatic rings. The lowest BCUT2D eigenvalue weighted by Gasteiger charge is -2.19. The topological polar surface area (TPSA) is 33.2 Å². The Bertz CT molecular complexity index is 885. The number of nitrogens with zero attached hydrogens (tertiary/aromatic N) is 2. The van der Waals surface area contributed by atoms with E-state index < -0.39 is 5.82 Å². The van der Waals surface area contributed by atoms with Crippen molar-refractivity contribution >= 4 is 40.6 Å². The molecule has 0 N–H and O–H groups in total. The van der Waals surface area contributed by atoms with Crippen LogP contribution in [-0.2, 0) is 6.42 Å². The van der Waals surface area contributed by atoms with Gasteiger partial charge in [-0.2, -0.15) is 0 Å². The molecular formula is C19H16ClFN2OS2. The predicted molar refractivity (Wildman–Crippen MR) is 105 cm³/mol. The number of hydrogen-bond acceptors (Lipinski definition) is 4. The smallest absolute Gasteiger partial charge is 0.257 e. The molecule has 0 radical (unpaired) electrons. The first-order chi connectivity index (χ1) is 12.5. The van der Waals surface area contributed by atoms with Crippen molar-refractivity contribution in [3.63, 3.8) is 0 Å². The normalized spacial score (nSPS) is 10.7. The van der Waals surface area contributed by atoms with Gasteiger partial charge in [-0.1, -0.05) is 29.4 Å². The van der Waals surface area contributed by atoms with Crippen molar-refractivity contribution in [2.24, 2.45) is 0 Å². The van der Waals surface area contributed by atoms with Crippen LogP contribution in [0.4, 0.5) is 4.39 Å². The molecule has 0 saturated heterocycles. The SMILES string of the molecule is CN(CCc1nccs1)C(=O)c1c(F)cccc1Sc1ccc(Cl)cc1. The van der Waals surface area contributed by atoms with E-state index in [1.165, 1.54) is 22.7 Å². The quantitative estimate of drug-likeness (QED) is 0.549. The van der Waals surface area contributed by atoms with E-state index in [0.717, 1.165) is 9.90 Å². The zero-order chi connectivity index (χ0) is 18.5. The number of halogens is 2. The Morgan fingerprint density at radius 2 is 2.04 bits per heavy atom. The van der Waals surface area contributed by atoms with Crippen molar-refractivity contribution in [2.45, 2.75) is 16.2 Å². The average Bonchev–Trinajstić information content (AvgIpc) is 3.15. The molecule has 0 fully saturated rings. The van der Waals surface area contributed by atoms with Gasteiger partial charge >= 0.3 is 0 Å². The summed E-state index contributed by atoms with van der Waals surface area (Å²) in [7, 11) is 1.68. The number of rotatable bonds is 6. The monoisotopic (exact) mass is 406 g/mol. The summed E-state index contributed by atoms with van der Waals surface area (Å²) in [6.45, 7) is 0.478. The number of carbonyl (C=O) groups is 1. The van der Waals surface area contributed by atoms with Crippen LogP contribution in [-0.4, -0.2) is 29.4 Å². The highest BCUT2D eigenvalue weighted by molar-refractivity contribution is 7.99. The summed E-state index contributed by atoms with van der Waals surface area (Å²) in [5.41, 5.74) is 0.0917. The first-order valence-electron chi connectivity index (χ1n) is 7.90. The first kappa shape index (κ1) is 18.9. The van der Waals surface area contributed by atoms with E-state index in [4.69, 9.17) is 11.6 Å². The molecule has 1 amide bonds. The van der Waals surface area contributed by atoms with Crippen LogP contribution in [0.1, 0.15) is 15.4 Å². The molecule has 0 atom stereocenters. The predicted octanol–water partition coefficient (Wildman–Crippen LogP) is 5.40. The Labute approximate surface area is 164 Å². The van der Waals surface area contributed by atoms with E-state index in [0.29, 0.717) is 22.9 Å². The highest BCUT2D eigenvalue weighted by atomic mass is 35.5. The molecule has 134 valence electrons. The maximum Gasteiger partial charge on any atom is 0.257 e. The lowest BCUT2D eigenvalue weighted by molar-refractivity contribution is 0.0788. The van der Waals surface area contributed by atoms with Crippen molar-refractivity contribution in [3.8, 4) is 0 Å². The fourth-order valence-corrected chi connectivity index (χ4v) is 4.05. The van der Waals surface area contributed by atoms with Gasteiger partial charge in [-0.3, -0.25) is 4.79 Å². The molecule has 0 unspecified atom stereocenters. The van der Waals surface area contributed by atoms with Gasteiger partial charge in [0, 0.05) is 46.4 Å². The Kier molecular flexibility index (Phi) is 6.29. The molecule has 0 spiro atoms. The summed E-state index contributed by atoms with van der Waals surface area (Å²) < 4.78 is 14.4. The fourth-order valence-electron chi connectivity index (χ4n) is 2.36. The van der Waals surface area contributed by atoms with Gasteiger partial charge in [-0.25, -0.2) is 9.37 Å². The van der Waals surface area contributed by atoms with Gasteiger partial charge in [0.05, 0.1) is 10.6 Å². The standard InChI is InChI=1S/C19H16ClFN2OS2/c1-23(11-9-17-22-10-12-25-17)19(24)18-15(21)3-2-4-16(18)26-14-7-5-13(20)6-8-14/h2-8,10,12H,9,11H2,1H3. The molecule has 26 heavy (non-hydrogen) atoms. The van der Waals surface area contributed by atoms with E-state index in [1.54, 1.807) is 48.8 Å². The molecule has 0 aliphatic heterocycles. The summed E-state index contributed by atoms with van der Waals surface area (Å²) >= 11 is 8.79. The van der Waals surface area contributed by atoms with Gasteiger partial charge < -0.3 is 4.90 Å². The minimum atomic E-state index is -0.518. The first-order valence-corrected chi connectivity index (χ1v) is 9.98. The minimum Gasteiger partial charge on any atom is -0.341 e. The lowest BCUT2D eigenvalue weighted by Crippen LogP contribution is -2.30. The van der Waals surface area contributed by atoms with E-state index in [1.807, 2.05) is 17.5 Å². The number of likely N-dealkylation sites (N-methyl/N-ethyl adjacent to an activating group) is 1. The maximum atomic E-state index is 14.4. The van der Waals surface area contributed by atoms with Gasteiger partial charge in [-0.15, -0.1) is 11.3 Å². The Balaban J connectivity index is 1.79. The molecule has 1 aromatic heterocycles. The highest BCUT2D eigenvalue weighted by Crippen LogP contribution is 2.33. The van der Waals surface area contributed by atoms with E-state index in [2.05, 4.69) is 4.98 Å². The fraction of sp³-hybridized carbons (Fsp3) is 0.158. The number of aromatic nitrogens is 1. The van der Waals surface area contributed by atoms with Crippen LogP contribution in [0.15, 0.2) is 63.8 Å². The summed E-state index contributed by atoms with van der Waals surface area (Å²) in [6.07, 6.45) is 2.38. The minimum absolute atomic E-state index is 0.0917. The van der Waals surface area contributed by atoms with E-state index >= 15 is 0 Å². The molecule has 2 aromatic carbocycles. The van der Waals surface area contributed by atoms with Crippen molar-refractivity contribution in [1.29, 1.82) is 0 Å². The Morgan fingerprint density at radius 1 is 1.27 bits per heavy atom. The van der Waals surface area contributed by atoms with Crippen molar-refractivity contribution in [2.75, 3.05) is 13.6 Å². The molecule has 3 nitrogen and oxygen atoms in total. The average molecular weight is 407 g/mol. The van der Waals surface area contributed by atoms with Crippen molar-refractivity contribution in [3.05, 3.63) is 75.5 Å². The number of thiazole rings is 1. The number of carbonyl (C=O) groups excluding carboxylic acids is 1. The van der Waals surface area contributed by atoms with Gasteiger partial charge in [0.2, 0.25) is 0 Å².